The molecule has 1 aromatic rings. The molecule has 176 valence electrons. The number of anilines is 1. The van der Waals surface area contributed by atoms with Gasteiger partial charge < -0.3 is 4.90 Å². The lowest BCUT2D eigenvalue weighted by molar-refractivity contribution is -0.159. The Labute approximate surface area is 194 Å². The third kappa shape index (κ3) is 2.76. The molecule has 34 heavy (non-hydrogen) atoms. The maximum atomic E-state index is 13.5. The van der Waals surface area contributed by atoms with Crippen LogP contribution in [0.3, 0.4) is 0 Å². The summed E-state index contributed by atoms with van der Waals surface area (Å²) >= 11 is 0. The topological polar surface area (TPSA) is 127 Å². The van der Waals surface area contributed by atoms with Crippen LogP contribution in [0.5, 0.6) is 0 Å². The molecule has 5 rings (SSSR count). The van der Waals surface area contributed by atoms with Gasteiger partial charge in [0.25, 0.3) is 11.8 Å². The number of hydrogen-bond acceptors (Lipinski definition) is 7. The molecule has 8 amide bonds. The molecule has 3 saturated heterocycles. The van der Waals surface area contributed by atoms with E-state index < -0.39 is 41.1 Å². The van der Waals surface area contributed by atoms with Crippen molar-refractivity contribution in [3.8, 4) is 0 Å². The molecule has 11 nitrogen and oxygen atoms in total. The van der Waals surface area contributed by atoms with Crippen molar-refractivity contribution in [2.75, 3.05) is 32.6 Å². The Balaban J connectivity index is 1.60. The number of imide groups is 4. The van der Waals surface area contributed by atoms with Crippen molar-refractivity contribution in [2.45, 2.75) is 25.3 Å². The van der Waals surface area contributed by atoms with Crippen molar-refractivity contribution >= 4 is 47.5 Å². The zero-order valence-electron chi connectivity index (χ0n) is 19.0. The van der Waals surface area contributed by atoms with Crippen LogP contribution in [0, 0.1) is 5.41 Å². The second-order valence-corrected chi connectivity index (χ2v) is 9.08. The minimum atomic E-state index is -1.43. The number of barbiturate groups is 2. The molecule has 0 aromatic heterocycles. The number of nitrogens with zero attached hydrogens (tertiary/aromatic N) is 4. The molecular weight excluding hydrogens is 442 g/mol. The van der Waals surface area contributed by atoms with Crippen LogP contribution in [0.25, 0.3) is 6.08 Å². The average molecular weight is 465 g/mol. The van der Waals surface area contributed by atoms with Gasteiger partial charge in [0.05, 0.1) is 6.04 Å². The molecule has 11 heteroatoms. The number of carbonyl (C=O) groups excluding carboxylic acids is 6. The Hall–Kier alpha value is -4.02. The molecule has 4 aliphatic heterocycles. The van der Waals surface area contributed by atoms with Crippen molar-refractivity contribution < 1.29 is 28.8 Å². The first kappa shape index (κ1) is 21.8. The number of fused-ring (bicyclic) bond motifs is 4. The first-order chi connectivity index (χ1) is 16.1. The average Bonchev–Trinajstić information content (AvgIpc) is 3.32. The fraction of sp³-hybridized carbons (Fsp3) is 0.391. The van der Waals surface area contributed by atoms with Crippen molar-refractivity contribution in [3.05, 3.63) is 34.9 Å². The van der Waals surface area contributed by atoms with Crippen LogP contribution in [0.1, 0.15) is 24.0 Å². The van der Waals surface area contributed by atoms with Crippen molar-refractivity contribution in [2.24, 2.45) is 5.41 Å². The fourth-order valence-corrected chi connectivity index (χ4v) is 5.54. The molecule has 4 heterocycles. The molecule has 1 spiro atoms. The van der Waals surface area contributed by atoms with Crippen molar-refractivity contribution in [3.63, 3.8) is 0 Å². The summed E-state index contributed by atoms with van der Waals surface area (Å²) < 4.78 is 0. The minimum absolute atomic E-state index is 0.0959. The summed E-state index contributed by atoms with van der Waals surface area (Å²) in [6, 6.07) is 3.53. The van der Waals surface area contributed by atoms with Gasteiger partial charge in [0, 0.05) is 33.4 Å². The number of benzene rings is 1. The summed E-state index contributed by atoms with van der Waals surface area (Å²) in [6.45, 7) is 0.662. The molecular formula is C23H23N5O6. The van der Waals surface area contributed by atoms with Crippen molar-refractivity contribution in [1.29, 1.82) is 0 Å². The van der Waals surface area contributed by atoms with Crippen LogP contribution in [0.15, 0.2) is 23.8 Å². The van der Waals surface area contributed by atoms with E-state index in [4.69, 9.17) is 0 Å². The lowest BCUT2D eigenvalue weighted by Crippen LogP contribution is -2.70. The summed E-state index contributed by atoms with van der Waals surface area (Å²) in [4.78, 5) is 80.6. The zero-order valence-corrected chi connectivity index (χ0v) is 19.0. The van der Waals surface area contributed by atoms with Gasteiger partial charge in [-0.3, -0.25) is 39.2 Å². The van der Waals surface area contributed by atoms with E-state index >= 15 is 0 Å². The van der Waals surface area contributed by atoms with E-state index in [-0.39, 0.29) is 18.0 Å². The van der Waals surface area contributed by atoms with E-state index in [0.29, 0.717) is 24.1 Å². The molecule has 0 radical (unpaired) electrons. The summed E-state index contributed by atoms with van der Waals surface area (Å²) in [7, 11) is 4.04. The standard InChI is InChI=1S/C23H23N5O6/c1-25-18(30)14(17(29)24-21(25)33)10-12-6-7-15-13(9-12)11-23(16-5-4-8-28(15)16)19(31)26(2)22(34)27(3)20(23)32/h6-7,9-10,16H,4-5,8,11H2,1-3H3,(H,24,29,33)/b14-10+/t16-/m1/s1. The maximum Gasteiger partial charge on any atom is 0.332 e. The van der Waals surface area contributed by atoms with Gasteiger partial charge in [-0.25, -0.2) is 9.59 Å². The Bertz CT molecular complexity index is 1210. The van der Waals surface area contributed by atoms with Crippen LogP contribution in [0.2, 0.25) is 0 Å². The van der Waals surface area contributed by atoms with Gasteiger partial charge in [-0.1, -0.05) is 6.07 Å². The second-order valence-electron chi connectivity index (χ2n) is 9.08. The third-order valence-corrected chi connectivity index (χ3v) is 7.27. The maximum absolute atomic E-state index is 13.5. The first-order valence-corrected chi connectivity index (χ1v) is 10.9. The highest BCUT2D eigenvalue weighted by Gasteiger charge is 2.63. The molecule has 3 fully saturated rings. The van der Waals surface area contributed by atoms with Crippen LogP contribution in [0.4, 0.5) is 15.3 Å². The highest BCUT2D eigenvalue weighted by Crippen LogP contribution is 2.49. The van der Waals surface area contributed by atoms with Crippen LogP contribution < -0.4 is 10.2 Å². The molecule has 0 unspecified atom stereocenters. The Morgan fingerprint density at radius 2 is 1.65 bits per heavy atom. The van der Waals surface area contributed by atoms with E-state index in [1.54, 1.807) is 12.1 Å². The molecule has 4 aliphatic rings. The molecule has 1 atom stereocenters. The summed E-state index contributed by atoms with van der Waals surface area (Å²) in [5.41, 5.74) is 0.475. The number of rotatable bonds is 1. The minimum Gasteiger partial charge on any atom is -0.367 e. The zero-order chi connectivity index (χ0) is 24.5. The highest BCUT2D eigenvalue weighted by molar-refractivity contribution is 6.30. The third-order valence-electron chi connectivity index (χ3n) is 7.27. The van der Waals surface area contributed by atoms with Crippen LogP contribution >= 0.6 is 0 Å². The number of amides is 8. The lowest BCUT2D eigenvalue weighted by Gasteiger charge is -2.50. The van der Waals surface area contributed by atoms with Gasteiger partial charge in [0.2, 0.25) is 11.8 Å². The van der Waals surface area contributed by atoms with E-state index in [0.717, 1.165) is 26.8 Å². The summed E-state index contributed by atoms with van der Waals surface area (Å²) in [6.07, 6.45) is 2.93. The monoisotopic (exact) mass is 465 g/mol. The largest absolute Gasteiger partial charge is 0.367 e. The molecule has 1 N–H and O–H groups in total. The van der Waals surface area contributed by atoms with E-state index in [1.165, 1.54) is 27.2 Å². The molecule has 0 aliphatic carbocycles. The predicted molar refractivity (Wildman–Crippen MR) is 118 cm³/mol. The van der Waals surface area contributed by atoms with Gasteiger partial charge >= 0.3 is 12.1 Å². The molecule has 0 saturated carbocycles. The van der Waals surface area contributed by atoms with Gasteiger partial charge in [0.15, 0.2) is 5.41 Å². The first-order valence-electron chi connectivity index (χ1n) is 10.9. The van der Waals surface area contributed by atoms with Crippen LogP contribution in [-0.2, 0) is 25.6 Å². The number of urea groups is 2. The van der Waals surface area contributed by atoms with Gasteiger partial charge in [-0.05, 0) is 48.6 Å². The number of nitrogens with one attached hydrogen (secondary N) is 1. The fourth-order valence-electron chi connectivity index (χ4n) is 5.54. The SMILES string of the molecule is CN1C(=O)NC(=O)/C(=C\c2ccc3c(c2)CC2(C(=O)N(C)C(=O)N(C)C2=O)[C@H]2CCCN32)C1=O. The quantitative estimate of drug-likeness (QED) is 0.360. The number of carbonyl (C=O) groups is 6. The lowest BCUT2D eigenvalue weighted by atomic mass is 9.68. The smallest absolute Gasteiger partial charge is 0.332 e. The normalized spacial score (nSPS) is 25.4. The predicted octanol–water partition coefficient (Wildman–Crippen LogP) is 0.340. The van der Waals surface area contributed by atoms with Gasteiger partial charge in [-0.2, -0.15) is 0 Å². The highest BCUT2D eigenvalue weighted by atomic mass is 16.2. The van der Waals surface area contributed by atoms with Crippen LogP contribution in [-0.4, -0.2) is 84.1 Å². The summed E-state index contributed by atoms with van der Waals surface area (Å²) in [5.74, 6) is -2.55. The number of hydrogen-bond donors (Lipinski definition) is 1. The van der Waals surface area contributed by atoms with E-state index in [1.807, 2.05) is 11.0 Å². The Kier molecular flexibility index (Phi) is 4.64. The Morgan fingerprint density at radius 3 is 2.32 bits per heavy atom. The molecule has 1 aromatic carbocycles. The second kappa shape index (κ2) is 7.24. The van der Waals surface area contributed by atoms with Gasteiger partial charge in [-0.15, -0.1) is 0 Å². The number of likely N-dealkylation sites (N-methyl/N-ethyl adjacent to an activating group) is 1. The summed E-state index contributed by atoms with van der Waals surface area (Å²) in [5, 5.41) is 2.11. The Morgan fingerprint density at radius 1 is 0.971 bits per heavy atom. The van der Waals surface area contributed by atoms with E-state index in [2.05, 4.69) is 5.32 Å². The van der Waals surface area contributed by atoms with Gasteiger partial charge in [0.1, 0.15) is 5.57 Å². The van der Waals surface area contributed by atoms with E-state index in [9.17, 15) is 28.8 Å². The molecule has 0 bridgehead atoms. The van der Waals surface area contributed by atoms with Crippen molar-refractivity contribution in [1.82, 2.24) is 20.0 Å².